The van der Waals surface area contributed by atoms with E-state index in [1.807, 2.05) is 18.2 Å². The molecule has 3 aromatic carbocycles. The standard InChI is InChI=1S/C22H22O3/c1-22(2)12-13-9-18(23)15-10-19(24-3)20(25-4)11-16(15)21(13)14-7-5-6-8-17(14)22/h5-11,23H,12H2,1-4H3. The Morgan fingerprint density at radius 2 is 1.56 bits per heavy atom. The summed E-state index contributed by atoms with van der Waals surface area (Å²) in [6, 6.07) is 14.3. The molecule has 1 N–H and O–H groups in total. The fourth-order valence-electron chi connectivity index (χ4n) is 4.11. The summed E-state index contributed by atoms with van der Waals surface area (Å²) in [6.07, 6.45) is 0.886. The molecular formula is C22H22O3. The SMILES string of the molecule is COc1cc2c(O)cc3c(c2cc1OC)-c1ccccc1C(C)(C)C3. The summed E-state index contributed by atoms with van der Waals surface area (Å²) >= 11 is 0. The van der Waals surface area contributed by atoms with E-state index in [0.717, 1.165) is 17.2 Å². The van der Waals surface area contributed by atoms with Gasteiger partial charge in [0.25, 0.3) is 0 Å². The van der Waals surface area contributed by atoms with E-state index in [1.165, 1.54) is 22.3 Å². The zero-order valence-corrected chi connectivity index (χ0v) is 15.0. The predicted octanol–water partition coefficient (Wildman–Crippen LogP) is 5.06. The van der Waals surface area contributed by atoms with Crippen LogP contribution in [0.25, 0.3) is 21.9 Å². The highest BCUT2D eigenvalue weighted by molar-refractivity contribution is 6.04. The van der Waals surface area contributed by atoms with Crippen molar-refractivity contribution < 1.29 is 14.6 Å². The third-order valence-electron chi connectivity index (χ3n) is 5.26. The van der Waals surface area contributed by atoms with Gasteiger partial charge in [0.2, 0.25) is 0 Å². The normalized spacial score (nSPS) is 14.7. The summed E-state index contributed by atoms with van der Waals surface area (Å²) in [5, 5.41) is 12.4. The molecule has 0 spiro atoms. The molecule has 0 heterocycles. The van der Waals surface area contributed by atoms with E-state index in [2.05, 4.69) is 38.1 Å². The number of rotatable bonds is 2. The molecular weight excluding hydrogens is 312 g/mol. The molecule has 0 saturated carbocycles. The summed E-state index contributed by atoms with van der Waals surface area (Å²) in [6.45, 7) is 4.51. The number of ether oxygens (including phenoxy) is 2. The van der Waals surface area contributed by atoms with Gasteiger partial charge >= 0.3 is 0 Å². The molecule has 3 nitrogen and oxygen atoms in total. The van der Waals surface area contributed by atoms with Crippen LogP contribution in [0.1, 0.15) is 25.0 Å². The molecule has 0 aliphatic heterocycles. The molecule has 3 heteroatoms. The van der Waals surface area contributed by atoms with Crippen LogP contribution in [0.15, 0.2) is 42.5 Å². The largest absolute Gasteiger partial charge is 0.507 e. The molecule has 0 atom stereocenters. The fourth-order valence-corrected chi connectivity index (χ4v) is 4.11. The van der Waals surface area contributed by atoms with Crippen molar-refractivity contribution in [2.75, 3.05) is 14.2 Å². The summed E-state index contributed by atoms with van der Waals surface area (Å²) < 4.78 is 10.9. The number of methoxy groups -OCH3 is 2. The molecule has 1 aliphatic rings. The van der Waals surface area contributed by atoms with E-state index >= 15 is 0 Å². The van der Waals surface area contributed by atoms with Crippen LogP contribution in [0.4, 0.5) is 0 Å². The Balaban J connectivity index is 2.14. The van der Waals surface area contributed by atoms with Gasteiger partial charge < -0.3 is 14.6 Å². The predicted molar refractivity (Wildman–Crippen MR) is 101 cm³/mol. The Kier molecular flexibility index (Phi) is 3.43. The number of hydrogen-bond donors (Lipinski definition) is 1. The van der Waals surface area contributed by atoms with Crippen molar-refractivity contribution in [3.8, 4) is 28.4 Å². The zero-order chi connectivity index (χ0) is 17.8. The van der Waals surface area contributed by atoms with Gasteiger partial charge in [0.1, 0.15) is 5.75 Å². The number of benzene rings is 3. The maximum atomic E-state index is 10.6. The Bertz CT molecular complexity index is 986. The van der Waals surface area contributed by atoms with E-state index in [4.69, 9.17) is 9.47 Å². The van der Waals surface area contributed by atoms with Gasteiger partial charge in [-0.2, -0.15) is 0 Å². The highest BCUT2D eigenvalue weighted by Gasteiger charge is 2.32. The first-order valence-electron chi connectivity index (χ1n) is 8.46. The second kappa shape index (κ2) is 5.41. The summed E-state index contributed by atoms with van der Waals surface area (Å²) in [7, 11) is 3.24. The average molecular weight is 334 g/mol. The van der Waals surface area contributed by atoms with E-state index in [-0.39, 0.29) is 11.2 Å². The lowest BCUT2D eigenvalue weighted by Crippen LogP contribution is -2.25. The second-order valence-corrected chi connectivity index (χ2v) is 7.29. The minimum Gasteiger partial charge on any atom is -0.507 e. The third kappa shape index (κ3) is 2.26. The van der Waals surface area contributed by atoms with Crippen molar-refractivity contribution in [2.24, 2.45) is 0 Å². The van der Waals surface area contributed by atoms with Crippen molar-refractivity contribution in [3.05, 3.63) is 53.6 Å². The first-order chi connectivity index (χ1) is 12.0. The van der Waals surface area contributed by atoms with Crippen molar-refractivity contribution in [1.82, 2.24) is 0 Å². The van der Waals surface area contributed by atoms with Crippen LogP contribution in [0, 0.1) is 0 Å². The summed E-state index contributed by atoms with van der Waals surface area (Å²) in [4.78, 5) is 0. The zero-order valence-electron chi connectivity index (χ0n) is 15.0. The molecule has 0 aromatic heterocycles. The molecule has 0 amide bonds. The molecule has 0 fully saturated rings. The Morgan fingerprint density at radius 3 is 2.24 bits per heavy atom. The van der Waals surface area contributed by atoms with Gasteiger partial charge in [0.05, 0.1) is 14.2 Å². The second-order valence-electron chi connectivity index (χ2n) is 7.29. The first kappa shape index (κ1) is 15.8. The lowest BCUT2D eigenvalue weighted by molar-refractivity contribution is 0.355. The summed E-state index contributed by atoms with van der Waals surface area (Å²) in [5.41, 5.74) is 4.94. The number of aromatic hydroxyl groups is 1. The Hall–Kier alpha value is -2.68. The van der Waals surface area contributed by atoms with E-state index < -0.39 is 0 Å². The van der Waals surface area contributed by atoms with Gasteiger partial charge in [0.15, 0.2) is 11.5 Å². The van der Waals surface area contributed by atoms with Crippen LogP contribution >= 0.6 is 0 Å². The molecule has 0 saturated heterocycles. The number of hydrogen-bond acceptors (Lipinski definition) is 3. The quantitative estimate of drug-likeness (QED) is 0.711. The lowest BCUT2D eigenvalue weighted by atomic mass is 9.69. The van der Waals surface area contributed by atoms with Crippen molar-refractivity contribution in [2.45, 2.75) is 25.7 Å². The summed E-state index contributed by atoms with van der Waals surface area (Å²) in [5.74, 6) is 1.57. The maximum absolute atomic E-state index is 10.6. The number of phenolic OH excluding ortho intramolecular Hbond substituents is 1. The van der Waals surface area contributed by atoms with Crippen LogP contribution in [-0.2, 0) is 11.8 Å². The van der Waals surface area contributed by atoms with E-state index in [9.17, 15) is 5.11 Å². The monoisotopic (exact) mass is 334 g/mol. The molecule has 128 valence electrons. The average Bonchev–Trinajstić information content (AvgIpc) is 2.60. The molecule has 0 bridgehead atoms. The topological polar surface area (TPSA) is 38.7 Å². The van der Waals surface area contributed by atoms with Crippen LogP contribution in [-0.4, -0.2) is 19.3 Å². The van der Waals surface area contributed by atoms with Crippen molar-refractivity contribution in [3.63, 3.8) is 0 Å². The minimum atomic E-state index is 0.0280. The number of phenols is 1. The van der Waals surface area contributed by atoms with Crippen molar-refractivity contribution >= 4 is 10.8 Å². The molecule has 4 rings (SSSR count). The van der Waals surface area contributed by atoms with Gasteiger partial charge in [-0.3, -0.25) is 0 Å². The Labute approximate surface area is 147 Å². The van der Waals surface area contributed by atoms with Gasteiger partial charge in [-0.15, -0.1) is 0 Å². The molecule has 25 heavy (non-hydrogen) atoms. The van der Waals surface area contributed by atoms with Crippen molar-refractivity contribution in [1.29, 1.82) is 0 Å². The number of fused-ring (bicyclic) bond motifs is 5. The van der Waals surface area contributed by atoms with Gasteiger partial charge in [0, 0.05) is 5.39 Å². The van der Waals surface area contributed by atoms with Crippen LogP contribution < -0.4 is 9.47 Å². The minimum absolute atomic E-state index is 0.0280. The maximum Gasteiger partial charge on any atom is 0.161 e. The van der Waals surface area contributed by atoms with Crippen LogP contribution in [0.5, 0.6) is 17.2 Å². The molecule has 1 aliphatic carbocycles. The molecule has 0 unspecified atom stereocenters. The smallest absolute Gasteiger partial charge is 0.161 e. The van der Waals surface area contributed by atoms with Crippen LogP contribution in [0.3, 0.4) is 0 Å². The lowest BCUT2D eigenvalue weighted by Gasteiger charge is -2.35. The van der Waals surface area contributed by atoms with E-state index in [1.54, 1.807) is 14.2 Å². The van der Waals surface area contributed by atoms with Gasteiger partial charge in [-0.05, 0) is 57.7 Å². The highest BCUT2D eigenvalue weighted by atomic mass is 16.5. The van der Waals surface area contributed by atoms with E-state index in [0.29, 0.717) is 11.5 Å². The first-order valence-corrected chi connectivity index (χ1v) is 8.46. The van der Waals surface area contributed by atoms with Gasteiger partial charge in [-0.1, -0.05) is 38.1 Å². The molecule has 0 radical (unpaired) electrons. The highest BCUT2D eigenvalue weighted by Crippen LogP contribution is 2.49. The third-order valence-corrected chi connectivity index (χ3v) is 5.26. The van der Waals surface area contributed by atoms with Gasteiger partial charge in [-0.25, -0.2) is 0 Å². The fraction of sp³-hybridized carbons (Fsp3) is 0.273. The van der Waals surface area contributed by atoms with Crippen LogP contribution in [0.2, 0.25) is 0 Å². The molecule has 3 aromatic rings. The Morgan fingerprint density at radius 1 is 0.920 bits per heavy atom.